The van der Waals surface area contributed by atoms with Gasteiger partial charge in [0.05, 0.1) is 13.2 Å². The molecule has 2 heterocycles. The minimum absolute atomic E-state index is 0.0440. The molecule has 1 aromatic rings. The van der Waals surface area contributed by atoms with Crippen molar-refractivity contribution in [1.82, 2.24) is 5.32 Å². The molecule has 0 aromatic heterocycles. The van der Waals surface area contributed by atoms with E-state index in [1.54, 1.807) is 6.08 Å². The van der Waals surface area contributed by atoms with Crippen LogP contribution in [-0.4, -0.2) is 25.2 Å². The monoisotopic (exact) mass is 259 g/mol. The van der Waals surface area contributed by atoms with E-state index < -0.39 is 5.79 Å². The van der Waals surface area contributed by atoms with Crippen LogP contribution in [0.5, 0.6) is 0 Å². The maximum absolute atomic E-state index is 11.4. The van der Waals surface area contributed by atoms with Crippen LogP contribution in [0.4, 0.5) is 0 Å². The van der Waals surface area contributed by atoms with Crippen molar-refractivity contribution in [1.29, 1.82) is 0 Å². The van der Waals surface area contributed by atoms with E-state index in [-0.39, 0.29) is 11.9 Å². The second-order valence-corrected chi connectivity index (χ2v) is 4.86. The second kappa shape index (κ2) is 5.15. The number of carbonyl (C=O) groups is 1. The van der Waals surface area contributed by atoms with E-state index in [1.807, 2.05) is 36.4 Å². The van der Waals surface area contributed by atoms with Gasteiger partial charge in [0.25, 0.3) is 0 Å². The summed E-state index contributed by atoms with van der Waals surface area (Å²) in [6.07, 6.45) is 4.92. The molecule has 1 aromatic carbocycles. The van der Waals surface area contributed by atoms with Crippen molar-refractivity contribution in [3.8, 4) is 0 Å². The number of ether oxygens (including phenoxy) is 2. The topological polar surface area (TPSA) is 47.6 Å². The Labute approximate surface area is 112 Å². The van der Waals surface area contributed by atoms with E-state index in [2.05, 4.69) is 5.32 Å². The number of nitrogens with one attached hydrogen (secondary N) is 1. The lowest BCUT2D eigenvalue weighted by atomic mass is 9.95. The summed E-state index contributed by atoms with van der Waals surface area (Å²) in [5, 5.41) is 2.95. The molecule has 0 aliphatic carbocycles. The predicted octanol–water partition coefficient (Wildman–Crippen LogP) is 1.72. The highest BCUT2D eigenvalue weighted by Crippen LogP contribution is 2.36. The molecule has 0 saturated carbocycles. The molecular weight excluding hydrogens is 242 g/mol. The first-order valence-electron chi connectivity index (χ1n) is 6.59. The number of benzene rings is 1. The first kappa shape index (κ1) is 12.4. The molecule has 4 heteroatoms. The molecule has 1 saturated heterocycles. The zero-order valence-corrected chi connectivity index (χ0v) is 10.7. The van der Waals surface area contributed by atoms with Crippen molar-refractivity contribution < 1.29 is 14.3 Å². The highest BCUT2D eigenvalue weighted by atomic mass is 16.7. The Hall–Kier alpha value is -1.65. The number of hydrogen-bond donors (Lipinski definition) is 1. The average Bonchev–Trinajstić information content (AvgIpc) is 2.90. The van der Waals surface area contributed by atoms with Crippen LogP contribution in [0.2, 0.25) is 0 Å². The fourth-order valence-corrected chi connectivity index (χ4v) is 2.66. The van der Waals surface area contributed by atoms with Crippen LogP contribution in [-0.2, 0) is 20.1 Å². The predicted molar refractivity (Wildman–Crippen MR) is 70.3 cm³/mol. The quantitative estimate of drug-likeness (QED) is 0.899. The second-order valence-electron chi connectivity index (χ2n) is 4.86. The smallest absolute Gasteiger partial charge is 0.243 e. The van der Waals surface area contributed by atoms with E-state index in [1.165, 1.54) is 0 Å². The maximum Gasteiger partial charge on any atom is 0.243 e. The molecule has 2 aliphatic rings. The van der Waals surface area contributed by atoms with Crippen LogP contribution >= 0.6 is 0 Å². The number of amides is 1. The summed E-state index contributed by atoms with van der Waals surface area (Å²) in [5.41, 5.74) is 1.01. The zero-order chi connectivity index (χ0) is 13.1. The third-order valence-corrected chi connectivity index (χ3v) is 3.52. The van der Waals surface area contributed by atoms with Crippen LogP contribution in [0, 0.1) is 0 Å². The van der Waals surface area contributed by atoms with Gasteiger partial charge >= 0.3 is 0 Å². The molecule has 0 radical (unpaired) electrons. The van der Waals surface area contributed by atoms with E-state index in [0.29, 0.717) is 19.6 Å². The Morgan fingerprint density at radius 3 is 2.63 bits per heavy atom. The van der Waals surface area contributed by atoms with Crippen molar-refractivity contribution in [2.75, 3.05) is 13.2 Å². The van der Waals surface area contributed by atoms with E-state index in [9.17, 15) is 4.79 Å². The summed E-state index contributed by atoms with van der Waals surface area (Å²) in [6.45, 7) is 1.18. The van der Waals surface area contributed by atoms with E-state index in [4.69, 9.17) is 9.47 Å². The molecule has 0 bridgehead atoms. The summed E-state index contributed by atoms with van der Waals surface area (Å²) >= 11 is 0. The zero-order valence-electron chi connectivity index (χ0n) is 10.7. The van der Waals surface area contributed by atoms with Gasteiger partial charge in [-0.1, -0.05) is 36.4 Å². The van der Waals surface area contributed by atoms with Crippen LogP contribution in [0.25, 0.3) is 0 Å². The van der Waals surface area contributed by atoms with Gasteiger partial charge in [0, 0.05) is 18.0 Å². The summed E-state index contributed by atoms with van der Waals surface area (Å²) in [5.74, 6) is -0.762. The van der Waals surface area contributed by atoms with Crippen molar-refractivity contribution in [2.45, 2.75) is 24.7 Å². The third-order valence-electron chi connectivity index (χ3n) is 3.52. The summed E-state index contributed by atoms with van der Waals surface area (Å²) < 4.78 is 11.7. The highest BCUT2D eigenvalue weighted by molar-refractivity contribution is 5.88. The number of rotatable bonds is 3. The van der Waals surface area contributed by atoms with Crippen LogP contribution in [0.3, 0.4) is 0 Å². The van der Waals surface area contributed by atoms with Gasteiger partial charge in [-0.2, -0.15) is 0 Å². The standard InChI is InChI=1S/C15H17NO3/c17-14-8-4-7-13(16-14)11-15(18-9-10-19-15)12-5-2-1-3-6-12/h1-6,8,13H,7,9-11H2,(H,16,17)/t13-/m1/s1. The molecule has 19 heavy (non-hydrogen) atoms. The highest BCUT2D eigenvalue weighted by Gasteiger charge is 2.40. The molecule has 3 rings (SSSR count). The molecule has 1 atom stereocenters. The lowest BCUT2D eigenvalue weighted by molar-refractivity contribution is -0.175. The summed E-state index contributed by atoms with van der Waals surface area (Å²) in [4.78, 5) is 11.4. The SMILES string of the molecule is O=C1C=CC[C@H](CC2(c3ccccc3)OCCO2)N1. The van der Waals surface area contributed by atoms with Crippen LogP contribution in [0.15, 0.2) is 42.5 Å². The largest absolute Gasteiger partial charge is 0.349 e. The van der Waals surface area contributed by atoms with Crippen molar-refractivity contribution in [3.05, 3.63) is 48.0 Å². The molecule has 1 N–H and O–H groups in total. The van der Waals surface area contributed by atoms with Gasteiger partial charge in [-0.25, -0.2) is 0 Å². The number of carbonyl (C=O) groups excluding carboxylic acids is 1. The average molecular weight is 259 g/mol. The normalized spacial score (nSPS) is 25.3. The molecule has 100 valence electrons. The van der Waals surface area contributed by atoms with Crippen molar-refractivity contribution in [2.24, 2.45) is 0 Å². The van der Waals surface area contributed by atoms with Gasteiger partial charge in [0.15, 0.2) is 5.79 Å². The summed E-state index contributed by atoms with van der Waals surface area (Å²) in [6, 6.07) is 9.98. The van der Waals surface area contributed by atoms with Gasteiger partial charge < -0.3 is 14.8 Å². The van der Waals surface area contributed by atoms with Gasteiger partial charge in [0.1, 0.15) is 0 Å². The molecular formula is C15H17NO3. The van der Waals surface area contributed by atoms with Gasteiger partial charge in [-0.15, -0.1) is 0 Å². The van der Waals surface area contributed by atoms with Crippen molar-refractivity contribution in [3.63, 3.8) is 0 Å². The summed E-state index contributed by atoms with van der Waals surface area (Å²) in [7, 11) is 0. The van der Waals surface area contributed by atoms with Gasteiger partial charge in [-0.3, -0.25) is 4.79 Å². The van der Waals surface area contributed by atoms with Crippen molar-refractivity contribution >= 4 is 5.91 Å². The molecule has 4 nitrogen and oxygen atoms in total. The van der Waals surface area contributed by atoms with E-state index in [0.717, 1.165) is 12.0 Å². The third kappa shape index (κ3) is 2.55. The van der Waals surface area contributed by atoms with E-state index >= 15 is 0 Å². The van der Waals surface area contributed by atoms with Gasteiger partial charge in [0.2, 0.25) is 5.91 Å². The Balaban J connectivity index is 1.82. The minimum atomic E-state index is -0.718. The Morgan fingerprint density at radius 1 is 1.21 bits per heavy atom. The Bertz CT molecular complexity index is 477. The first-order chi connectivity index (χ1) is 9.28. The molecule has 1 fully saturated rings. The fourth-order valence-electron chi connectivity index (χ4n) is 2.66. The fraction of sp³-hybridized carbons (Fsp3) is 0.400. The maximum atomic E-state index is 11.4. The lowest BCUT2D eigenvalue weighted by Gasteiger charge is -2.32. The van der Waals surface area contributed by atoms with Crippen LogP contribution < -0.4 is 5.32 Å². The molecule has 0 unspecified atom stereocenters. The Morgan fingerprint density at radius 2 is 1.95 bits per heavy atom. The number of hydrogen-bond acceptors (Lipinski definition) is 3. The molecule has 1 amide bonds. The van der Waals surface area contributed by atoms with Gasteiger partial charge in [-0.05, 0) is 12.5 Å². The molecule has 2 aliphatic heterocycles. The van der Waals surface area contributed by atoms with Crippen LogP contribution in [0.1, 0.15) is 18.4 Å². The minimum Gasteiger partial charge on any atom is -0.349 e. The first-order valence-corrected chi connectivity index (χ1v) is 6.59. The molecule has 0 spiro atoms. The lowest BCUT2D eigenvalue weighted by Crippen LogP contribution is -2.42. The Kier molecular flexibility index (Phi) is 3.36.